The number of benzene rings is 1. The Bertz CT molecular complexity index is 600. The number of aryl methyl sites for hydroxylation is 2. The van der Waals surface area contributed by atoms with Crippen molar-refractivity contribution in [2.24, 2.45) is 0 Å². The van der Waals surface area contributed by atoms with Gasteiger partial charge in [0.15, 0.2) is 0 Å². The highest BCUT2D eigenvalue weighted by Gasteiger charge is 2.13. The Morgan fingerprint density at radius 1 is 1.50 bits per heavy atom. The maximum Gasteiger partial charge on any atom is 0.273 e. The van der Waals surface area contributed by atoms with Gasteiger partial charge in [-0.1, -0.05) is 5.21 Å². The number of rotatable bonds is 6. The fraction of sp³-hybridized carbons (Fsp3) is 0.333. The van der Waals surface area contributed by atoms with Gasteiger partial charge in [0.1, 0.15) is 0 Å². The van der Waals surface area contributed by atoms with Crippen molar-refractivity contribution < 1.29 is 4.92 Å². The van der Waals surface area contributed by atoms with Gasteiger partial charge in [-0.05, 0) is 35.3 Å². The van der Waals surface area contributed by atoms with Crippen LogP contribution in [-0.2, 0) is 6.54 Å². The number of nitrogens with one attached hydrogen (secondary N) is 1. The van der Waals surface area contributed by atoms with Crippen LogP contribution in [0.25, 0.3) is 0 Å². The molecule has 7 nitrogen and oxygen atoms in total. The van der Waals surface area contributed by atoms with E-state index in [1.807, 2.05) is 6.20 Å². The van der Waals surface area contributed by atoms with Crippen LogP contribution in [-0.4, -0.2) is 26.5 Å². The Morgan fingerprint density at radius 3 is 2.95 bits per heavy atom. The number of aromatic nitrogens is 3. The molecule has 20 heavy (non-hydrogen) atoms. The first-order valence-electron chi connectivity index (χ1n) is 6.10. The van der Waals surface area contributed by atoms with E-state index in [1.54, 1.807) is 23.9 Å². The van der Waals surface area contributed by atoms with Crippen LogP contribution in [0.3, 0.4) is 0 Å². The largest absolute Gasteiger partial charge is 0.384 e. The molecule has 2 rings (SSSR count). The summed E-state index contributed by atoms with van der Waals surface area (Å²) in [7, 11) is 0. The smallest absolute Gasteiger partial charge is 0.273 e. The Kier molecular flexibility index (Phi) is 4.67. The Balaban J connectivity index is 1.92. The molecule has 0 aliphatic carbocycles. The third-order valence-electron chi connectivity index (χ3n) is 2.83. The van der Waals surface area contributed by atoms with Crippen molar-refractivity contribution in [2.75, 3.05) is 11.9 Å². The van der Waals surface area contributed by atoms with Gasteiger partial charge in [0.2, 0.25) is 0 Å². The molecule has 0 amide bonds. The van der Waals surface area contributed by atoms with Crippen molar-refractivity contribution in [3.05, 3.63) is 44.7 Å². The molecule has 0 unspecified atom stereocenters. The zero-order chi connectivity index (χ0) is 14.5. The first-order chi connectivity index (χ1) is 9.58. The number of halogens is 1. The molecule has 1 aromatic heterocycles. The van der Waals surface area contributed by atoms with Crippen LogP contribution in [0, 0.1) is 17.0 Å². The summed E-state index contributed by atoms with van der Waals surface area (Å²) < 4.78 is 2.45. The van der Waals surface area contributed by atoms with E-state index in [0.29, 0.717) is 10.0 Å². The lowest BCUT2D eigenvalue weighted by molar-refractivity contribution is -0.385. The molecule has 0 saturated heterocycles. The van der Waals surface area contributed by atoms with Crippen LogP contribution in [0.4, 0.5) is 11.4 Å². The second-order valence-corrected chi connectivity index (χ2v) is 5.18. The fourth-order valence-electron chi connectivity index (χ4n) is 1.82. The molecule has 0 aliphatic rings. The molecule has 1 N–H and O–H groups in total. The number of hydrogen-bond acceptors (Lipinski definition) is 5. The van der Waals surface area contributed by atoms with Crippen LogP contribution in [0.15, 0.2) is 29.0 Å². The molecular weight excluding hydrogens is 326 g/mol. The van der Waals surface area contributed by atoms with Gasteiger partial charge in [-0.3, -0.25) is 14.8 Å². The van der Waals surface area contributed by atoms with Crippen LogP contribution < -0.4 is 5.32 Å². The van der Waals surface area contributed by atoms with Crippen molar-refractivity contribution in [3.63, 3.8) is 0 Å². The van der Waals surface area contributed by atoms with E-state index in [4.69, 9.17) is 0 Å². The molecule has 8 heteroatoms. The molecule has 0 fully saturated rings. The molecule has 0 saturated carbocycles. The van der Waals surface area contributed by atoms with Gasteiger partial charge >= 0.3 is 0 Å². The maximum atomic E-state index is 10.8. The van der Waals surface area contributed by atoms with Gasteiger partial charge in [-0.2, -0.15) is 0 Å². The van der Waals surface area contributed by atoms with Crippen molar-refractivity contribution >= 4 is 27.3 Å². The third-order valence-corrected chi connectivity index (χ3v) is 3.49. The van der Waals surface area contributed by atoms with Gasteiger partial charge in [0.05, 0.1) is 11.1 Å². The molecule has 1 aromatic carbocycles. The molecule has 0 bridgehead atoms. The second-order valence-electron chi connectivity index (χ2n) is 4.32. The van der Waals surface area contributed by atoms with E-state index in [2.05, 4.69) is 31.6 Å². The molecule has 0 aliphatic heterocycles. The van der Waals surface area contributed by atoms with E-state index < -0.39 is 0 Å². The van der Waals surface area contributed by atoms with Crippen molar-refractivity contribution in [1.82, 2.24) is 15.0 Å². The van der Waals surface area contributed by atoms with Crippen LogP contribution in [0.5, 0.6) is 0 Å². The van der Waals surface area contributed by atoms with E-state index in [1.165, 1.54) is 6.07 Å². The molecule has 0 spiro atoms. The number of nitro benzene ring substituents is 1. The first kappa shape index (κ1) is 14.4. The Labute approximate surface area is 124 Å². The lowest BCUT2D eigenvalue weighted by Gasteiger charge is -2.10. The van der Waals surface area contributed by atoms with Crippen LogP contribution >= 0.6 is 15.9 Å². The lowest BCUT2D eigenvalue weighted by Crippen LogP contribution is -2.08. The zero-order valence-electron chi connectivity index (χ0n) is 10.9. The lowest BCUT2D eigenvalue weighted by atomic mass is 10.2. The van der Waals surface area contributed by atoms with E-state index in [9.17, 15) is 10.1 Å². The van der Waals surface area contributed by atoms with Crippen molar-refractivity contribution in [2.45, 2.75) is 19.9 Å². The average Bonchev–Trinajstić information content (AvgIpc) is 2.90. The maximum absolute atomic E-state index is 10.8. The average molecular weight is 340 g/mol. The minimum absolute atomic E-state index is 0.116. The topological polar surface area (TPSA) is 85.9 Å². The SMILES string of the molecule is Cc1cc(NCCCn2ccnn2)c(Br)cc1[N+](=O)[O-]. The van der Waals surface area contributed by atoms with Crippen molar-refractivity contribution in [1.29, 1.82) is 0 Å². The first-order valence-corrected chi connectivity index (χ1v) is 6.89. The fourth-order valence-corrected chi connectivity index (χ4v) is 2.29. The normalized spacial score (nSPS) is 10.5. The Hall–Kier alpha value is -1.96. The minimum Gasteiger partial charge on any atom is -0.384 e. The monoisotopic (exact) mass is 339 g/mol. The Morgan fingerprint density at radius 2 is 2.30 bits per heavy atom. The van der Waals surface area contributed by atoms with Gasteiger partial charge < -0.3 is 5.32 Å². The second kappa shape index (κ2) is 6.47. The van der Waals surface area contributed by atoms with E-state index in [0.717, 1.165) is 25.2 Å². The molecule has 1 heterocycles. The summed E-state index contributed by atoms with van der Waals surface area (Å²) in [4.78, 5) is 10.4. The predicted octanol–water partition coefficient (Wildman–Crippen LogP) is 2.76. The predicted molar refractivity (Wildman–Crippen MR) is 78.7 cm³/mol. The van der Waals surface area contributed by atoms with Gasteiger partial charge in [-0.15, -0.1) is 5.10 Å². The highest BCUT2D eigenvalue weighted by atomic mass is 79.9. The number of anilines is 1. The van der Waals surface area contributed by atoms with Gasteiger partial charge in [0, 0.05) is 41.1 Å². The number of hydrogen-bond donors (Lipinski definition) is 1. The zero-order valence-corrected chi connectivity index (χ0v) is 12.5. The quantitative estimate of drug-likeness (QED) is 0.496. The van der Waals surface area contributed by atoms with Crippen molar-refractivity contribution in [3.8, 4) is 0 Å². The van der Waals surface area contributed by atoms with Crippen LogP contribution in [0.1, 0.15) is 12.0 Å². The van der Waals surface area contributed by atoms with Crippen LogP contribution in [0.2, 0.25) is 0 Å². The standard InChI is InChI=1S/C12H14BrN5O2/c1-9-7-11(10(13)8-12(9)18(19)20)14-3-2-5-17-6-4-15-16-17/h4,6-8,14H,2-3,5H2,1H3. The summed E-state index contributed by atoms with van der Waals surface area (Å²) in [5, 5.41) is 21.7. The summed E-state index contributed by atoms with van der Waals surface area (Å²) in [5.74, 6) is 0. The summed E-state index contributed by atoms with van der Waals surface area (Å²) in [6.07, 6.45) is 4.33. The number of nitrogens with zero attached hydrogens (tertiary/aromatic N) is 4. The molecule has 0 radical (unpaired) electrons. The molecule has 2 aromatic rings. The minimum atomic E-state index is -0.380. The molecule has 0 atom stereocenters. The summed E-state index contributed by atoms with van der Waals surface area (Å²) >= 11 is 3.35. The molecule has 106 valence electrons. The summed E-state index contributed by atoms with van der Waals surface area (Å²) in [6, 6.07) is 3.30. The van der Waals surface area contributed by atoms with E-state index in [-0.39, 0.29) is 10.6 Å². The van der Waals surface area contributed by atoms with Gasteiger partial charge in [0.25, 0.3) is 5.69 Å². The highest BCUT2D eigenvalue weighted by molar-refractivity contribution is 9.10. The van der Waals surface area contributed by atoms with E-state index >= 15 is 0 Å². The summed E-state index contributed by atoms with van der Waals surface area (Å²) in [6.45, 7) is 3.25. The molecular formula is C12H14BrN5O2. The third kappa shape index (κ3) is 3.53. The van der Waals surface area contributed by atoms with Gasteiger partial charge in [-0.25, -0.2) is 0 Å². The number of nitro groups is 1. The summed E-state index contributed by atoms with van der Waals surface area (Å²) in [5.41, 5.74) is 1.61. The highest BCUT2D eigenvalue weighted by Crippen LogP contribution is 2.30.